The third kappa shape index (κ3) is 10.2. The van der Waals surface area contributed by atoms with Gasteiger partial charge in [0.05, 0.1) is 6.61 Å². The van der Waals surface area contributed by atoms with E-state index in [1.165, 1.54) is 20.5 Å². The average molecular weight is 645 g/mol. The number of rotatable bonds is 20. The van der Waals surface area contributed by atoms with Crippen molar-refractivity contribution in [1.29, 1.82) is 0 Å². The van der Waals surface area contributed by atoms with Crippen LogP contribution in [0.5, 0.6) is 0 Å². The Labute approximate surface area is 274 Å². The topological polar surface area (TPSA) is 46.2 Å². The first-order chi connectivity index (χ1) is 21.6. The van der Waals surface area contributed by atoms with Gasteiger partial charge in [0.15, 0.2) is 0 Å². The number of ether oxygens (including phenoxy) is 5. The summed E-state index contributed by atoms with van der Waals surface area (Å²) in [5.74, 6) is 0. The first-order valence-electron chi connectivity index (χ1n) is 16.9. The highest BCUT2D eigenvalue weighted by Crippen LogP contribution is 2.38. The monoisotopic (exact) mass is 644 g/mol. The maximum absolute atomic E-state index is 6.98. The van der Waals surface area contributed by atoms with Crippen molar-refractivity contribution in [3.05, 3.63) is 69.6 Å². The van der Waals surface area contributed by atoms with Gasteiger partial charge in [-0.05, 0) is 66.5 Å². The third-order valence-electron chi connectivity index (χ3n) is 8.17. The largest absolute Gasteiger partial charge is 0.379 e. The molecule has 7 heteroatoms. The highest BCUT2D eigenvalue weighted by molar-refractivity contribution is 7.19. The second kappa shape index (κ2) is 19.2. The Balaban J connectivity index is 1.64. The second-order valence-electron chi connectivity index (χ2n) is 11.9. The van der Waals surface area contributed by atoms with Crippen LogP contribution in [0.4, 0.5) is 0 Å². The van der Waals surface area contributed by atoms with Crippen molar-refractivity contribution < 1.29 is 23.7 Å². The van der Waals surface area contributed by atoms with Crippen LogP contribution in [0.3, 0.4) is 0 Å². The molecular weight excluding hydrogens is 592 g/mol. The number of hydrogen-bond acceptors (Lipinski definition) is 6. The molecule has 1 aliphatic rings. The quantitative estimate of drug-likeness (QED) is 0.115. The molecule has 2 aromatic carbocycles. The van der Waals surface area contributed by atoms with E-state index < -0.39 is 0 Å². The van der Waals surface area contributed by atoms with Crippen LogP contribution in [0.15, 0.2) is 48.5 Å². The highest BCUT2D eigenvalue weighted by atomic mass is 35.5. The molecule has 5 nitrogen and oxygen atoms in total. The van der Waals surface area contributed by atoms with E-state index in [0.717, 1.165) is 75.0 Å². The molecule has 1 aromatic heterocycles. The molecule has 44 heavy (non-hydrogen) atoms. The summed E-state index contributed by atoms with van der Waals surface area (Å²) in [5.41, 5.74) is 2.36. The van der Waals surface area contributed by atoms with Crippen LogP contribution in [0.1, 0.15) is 101 Å². The van der Waals surface area contributed by atoms with Crippen LogP contribution in [0.25, 0.3) is 10.1 Å². The lowest BCUT2D eigenvalue weighted by molar-refractivity contribution is -0.268. The summed E-state index contributed by atoms with van der Waals surface area (Å²) in [6, 6.07) is 17.2. The molecule has 1 aliphatic heterocycles. The second-order valence-corrected chi connectivity index (χ2v) is 13.5. The van der Waals surface area contributed by atoms with Gasteiger partial charge in [-0.25, -0.2) is 0 Å². The minimum absolute atomic E-state index is 0.246. The summed E-state index contributed by atoms with van der Waals surface area (Å²) in [6.07, 6.45) is 7.87. The van der Waals surface area contributed by atoms with Crippen molar-refractivity contribution >= 4 is 33.0 Å². The molecule has 1 saturated heterocycles. The van der Waals surface area contributed by atoms with Crippen molar-refractivity contribution in [3.63, 3.8) is 0 Å². The van der Waals surface area contributed by atoms with E-state index in [-0.39, 0.29) is 30.5 Å². The van der Waals surface area contributed by atoms with E-state index in [1.54, 1.807) is 0 Å². The lowest BCUT2D eigenvalue weighted by atomic mass is 9.89. The van der Waals surface area contributed by atoms with E-state index in [4.69, 9.17) is 35.3 Å². The number of thiophene rings is 1. The van der Waals surface area contributed by atoms with Crippen molar-refractivity contribution in [2.24, 2.45) is 0 Å². The standard InChI is InChI=1S/C37H53ClO5S/c1-5-9-18-39-26-32-35(40-19-10-6-2)37(42-21-12-8-4)36(41-20-11-7-3)34(43-32)28-15-13-14-27(22-28)23-31-25-29-24-30(38)16-17-33(29)44-31/h13-17,22,24-25,32,34-37H,5-12,18-21,23,26H2,1-4H3/t32-,34+,35-,36+,37+/m1/s1. The Morgan fingerprint density at radius 2 is 1.39 bits per heavy atom. The predicted octanol–water partition coefficient (Wildman–Crippen LogP) is 9.96. The number of unbranched alkanes of at least 4 members (excludes halogenated alkanes) is 4. The zero-order valence-electron chi connectivity index (χ0n) is 27.2. The Morgan fingerprint density at radius 1 is 0.727 bits per heavy atom. The first kappa shape index (κ1) is 35.3. The molecule has 3 aromatic rings. The van der Waals surface area contributed by atoms with Crippen LogP contribution in [-0.4, -0.2) is 57.5 Å². The van der Waals surface area contributed by atoms with Gasteiger partial charge in [-0.3, -0.25) is 0 Å². The molecule has 0 radical (unpaired) electrons. The third-order valence-corrected chi connectivity index (χ3v) is 9.52. The van der Waals surface area contributed by atoms with Gasteiger partial charge in [0.25, 0.3) is 0 Å². The lowest BCUT2D eigenvalue weighted by Crippen LogP contribution is -2.58. The number of halogens is 1. The summed E-state index contributed by atoms with van der Waals surface area (Å²) in [7, 11) is 0. The van der Waals surface area contributed by atoms with Gasteiger partial charge < -0.3 is 23.7 Å². The van der Waals surface area contributed by atoms with Crippen LogP contribution in [0, 0.1) is 0 Å². The van der Waals surface area contributed by atoms with Gasteiger partial charge in [0, 0.05) is 47.4 Å². The molecule has 0 unspecified atom stereocenters. The number of fused-ring (bicyclic) bond motifs is 1. The van der Waals surface area contributed by atoms with Gasteiger partial charge in [0.2, 0.25) is 0 Å². The molecule has 1 fully saturated rings. The summed E-state index contributed by atoms with van der Waals surface area (Å²) in [4.78, 5) is 1.31. The predicted molar refractivity (Wildman–Crippen MR) is 183 cm³/mol. The van der Waals surface area contributed by atoms with Crippen LogP contribution >= 0.6 is 22.9 Å². The maximum Gasteiger partial charge on any atom is 0.117 e. The molecule has 0 spiro atoms. The minimum Gasteiger partial charge on any atom is -0.379 e. The summed E-state index contributed by atoms with van der Waals surface area (Å²) in [6.45, 7) is 12.0. The molecule has 0 bridgehead atoms. The van der Waals surface area contributed by atoms with Crippen molar-refractivity contribution in [3.8, 4) is 0 Å². The molecule has 0 N–H and O–H groups in total. The summed E-state index contributed by atoms with van der Waals surface area (Å²) >= 11 is 8.08. The van der Waals surface area contributed by atoms with Gasteiger partial charge in [-0.15, -0.1) is 11.3 Å². The first-order valence-corrected chi connectivity index (χ1v) is 18.1. The Kier molecular flexibility index (Phi) is 15.4. The molecular formula is C37H53ClO5S. The molecule has 4 rings (SSSR count). The fraction of sp³-hybridized carbons (Fsp3) is 0.622. The average Bonchev–Trinajstić information content (AvgIpc) is 3.42. The summed E-state index contributed by atoms with van der Waals surface area (Å²) < 4.78 is 34.4. The zero-order chi connectivity index (χ0) is 31.1. The zero-order valence-corrected chi connectivity index (χ0v) is 28.8. The Morgan fingerprint density at radius 3 is 2.09 bits per heavy atom. The van der Waals surface area contributed by atoms with E-state index in [1.807, 2.05) is 23.5 Å². The summed E-state index contributed by atoms with van der Waals surface area (Å²) in [5, 5.41) is 1.97. The van der Waals surface area contributed by atoms with Crippen molar-refractivity contribution in [2.45, 2.75) is 116 Å². The number of benzene rings is 2. The van der Waals surface area contributed by atoms with E-state index in [2.05, 4.69) is 64.1 Å². The highest BCUT2D eigenvalue weighted by Gasteiger charge is 2.48. The van der Waals surface area contributed by atoms with Crippen LogP contribution < -0.4 is 0 Å². The molecule has 5 atom stereocenters. The molecule has 0 amide bonds. The van der Waals surface area contributed by atoms with Crippen molar-refractivity contribution in [2.75, 3.05) is 33.0 Å². The van der Waals surface area contributed by atoms with E-state index in [9.17, 15) is 0 Å². The number of hydrogen-bond donors (Lipinski definition) is 0. The fourth-order valence-corrected chi connectivity index (χ4v) is 6.92. The normalized spacial score (nSPS) is 22.2. The molecule has 0 saturated carbocycles. The van der Waals surface area contributed by atoms with E-state index >= 15 is 0 Å². The van der Waals surface area contributed by atoms with Gasteiger partial charge >= 0.3 is 0 Å². The van der Waals surface area contributed by atoms with Crippen LogP contribution in [-0.2, 0) is 30.1 Å². The molecule has 0 aliphatic carbocycles. The smallest absolute Gasteiger partial charge is 0.117 e. The molecule has 244 valence electrons. The lowest BCUT2D eigenvalue weighted by Gasteiger charge is -2.46. The van der Waals surface area contributed by atoms with Gasteiger partial charge in [-0.2, -0.15) is 0 Å². The molecule has 2 heterocycles. The SMILES string of the molecule is CCCCOC[C@H]1O[C@@H](c2cccc(Cc3cc4cc(Cl)ccc4s3)c2)[C@H](OCCCC)[C@@H](OCCCC)[C@@H]1OCCCC. The Bertz CT molecular complexity index is 1230. The van der Waals surface area contributed by atoms with Crippen molar-refractivity contribution in [1.82, 2.24) is 0 Å². The van der Waals surface area contributed by atoms with Crippen LogP contribution in [0.2, 0.25) is 5.02 Å². The Hall–Kier alpha value is -1.51. The van der Waals surface area contributed by atoms with E-state index in [0.29, 0.717) is 26.4 Å². The maximum atomic E-state index is 6.98. The fourth-order valence-electron chi connectivity index (χ4n) is 5.67. The van der Waals surface area contributed by atoms with Gasteiger partial charge in [-0.1, -0.05) is 89.2 Å². The minimum atomic E-state index is -0.287. The van der Waals surface area contributed by atoms with Gasteiger partial charge in [0.1, 0.15) is 30.5 Å².